The lowest BCUT2D eigenvalue weighted by Crippen LogP contribution is -2.12. The highest BCUT2D eigenvalue weighted by molar-refractivity contribution is 5.76. The van der Waals surface area contributed by atoms with Gasteiger partial charge in [0, 0.05) is 26.7 Å². The third-order valence-corrected chi connectivity index (χ3v) is 2.79. The summed E-state index contributed by atoms with van der Waals surface area (Å²) in [4.78, 5) is 1.51. The van der Waals surface area contributed by atoms with Crippen molar-refractivity contribution in [2.45, 2.75) is 0 Å². The van der Waals surface area contributed by atoms with E-state index in [9.17, 15) is 8.78 Å². The highest BCUT2D eigenvalue weighted by Crippen LogP contribution is 2.31. The molecule has 0 atom stereocenters. The number of halogens is 2. The molecule has 0 bridgehead atoms. The second-order valence-electron chi connectivity index (χ2n) is 4.25. The molecule has 96 valence electrons. The largest absolute Gasteiger partial charge is 0.383 e. The van der Waals surface area contributed by atoms with E-state index in [-0.39, 0.29) is 5.69 Å². The van der Waals surface area contributed by atoms with Crippen molar-refractivity contribution in [3.8, 4) is 11.1 Å². The molecule has 0 aliphatic rings. The maximum absolute atomic E-state index is 13.6. The average molecular weight is 252 g/mol. The molecule has 4 nitrogen and oxygen atoms in total. The fraction of sp³-hybridized carbons (Fsp3) is 0.250. The number of hydrogen-bond donors (Lipinski definition) is 1. The number of nitrogens with zero attached hydrogens (tertiary/aromatic N) is 3. The molecule has 1 aromatic carbocycles. The standard InChI is InChI=1S/C12H14F2N4/c1-17(2)10-5-7(4-9(13)11(10)14)8-6-16-18(3)12(8)15/h4-6H,15H2,1-3H3. The van der Waals surface area contributed by atoms with Crippen LogP contribution in [0, 0.1) is 11.6 Å². The molecule has 2 N–H and O–H groups in total. The molecule has 6 heteroatoms. The topological polar surface area (TPSA) is 47.1 Å². The van der Waals surface area contributed by atoms with Crippen LogP contribution < -0.4 is 10.6 Å². The van der Waals surface area contributed by atoms with Gasteiger partial charge in [0.1, 0.15) is 5.82 Å². The van der Waals surface area contributed by atoms with Crippen LogP contribution >= 0.6 is 0 Å². The minimum atomic E-state index is -0.903. The van der Waals surface area contributed by atoms with Crippen molar-refractivity contribution in [1.82, 2.24) is 9.78 Å². The summed E-state index contributed by atoms with van der Waals surface area (Å²) in [5.41, 5.74) is 7.08. The Morgan fingerprint density at radius 2 is 1.94 bits per heavy atom. The Morgan fingerprint density at radius 1 is 1.28 bits per heavy atom. The molecule has 0 aliphatic heterocycles. The summed E-state index contributed by atoms with van der Waals surface area (Å²) in [6.07, 6.45) is 1.53. The van der Waals surface area contributed by atoms with Crippen molar-refractivity contribution < 1.29 is 8.78 Å². The van der Waals surface area contributed by atoms with Crippen molar-refractivity contribution in [2.75, 3.05) is 24.7 Å². The van der Waals surface area contributed by atoms with Gasteiger partial charge < -0.3 is 10.6 Å². The molecule has 0 fully saturated rings. The van der Waals surface area contributed by atoms with Gasteiger partial charge in [-0.1, -0.05) is 0 Å². The Kier molecular flexibility index (Phi) is 2.94. The number of anilines is 2. The highest BCUT2D eigenvalue weighted by atomic mass is 19.2. The second kappa shape index (κ2) is 4.29. The first-order chi connectivity index (χ1) is 8.41. The molecular formula is C12H14F2N4. The Labute approximate surface area is 104 Å². The fourth-order valence-electron chi connectivity index (χ4n) is 1.72. The van der Waals surface area contributed by atoms with Crippen molar-refractivity contribution in [2.24, 2.45) is 7.05 Å². The molecule has 0 spiro atoms. The van der Waals surface area contributed by atoms with Crippen LogP contribution in [0.25, 0.3) is 11.1 Å². The van der Waals surface area contributed by atoms with Gasteiger partial charge in [-0.2, -0.15) is 5.10 Å². The molecule has 0 unspecified atom stereocenters. The minimum Gasteiger partial charge on any atom is -0.383 e. The van der Waals surface area contributed by atoms with Gasteiger partial charge in [-0.15, -0.1) is 0 Å². The van der Waals surface area contributed by atoms with E-state index in [0.717, 1.165) is 6.07 Å². The van der Waals surface area contributed by atoms with E-state index in [1.807, 2.05) is 0 Å². The molecule has 0 aliphatic carbocycles. The van der Waals surface area contributed by atoms with Gasteiger partial charge in [-0.3, -0.25) is 4.68 Å². The first-order valence-corrected chi connectivity index (χ1v) is 5.36. The molecule has 0 saturated carbocycles. The predicted octanol–water partition coefficient (Wildman–Crippen LogP) is 2.01. The molecular weight excluding hydrogens is 238 g/mol. The Morgan fingerprint density at radius 3 is 2.44 bits per heavy atom. The number of rotatable bonds is 2. The Balaban J connectivity index is 2.63. The number of aromatic nitrogens is 2. The Bertz CT molecular complexity index is 590. The molecule has 0 amide bonds. The third-order valence-electron chi connectivity index (χ3n) is 2.79. The van der Waals surface area contributed by atoms with Crippen LogP contribution in [-0.2, 0) is 7.05 Å². The van der Waals surface area contributed by atoms with Crippen LogP contribution in [0.2, 0.25) is 0 Å². The summed E-state index contributed by atoms with van der Waals surface area (Å²) >= 11 is 0. The smallest absolute Gasteiger partial charge is 0.182 e. The van der Waals surface area contributed by atoms with Crippen molar-refractivity contribution in [1.29, 1.82) is 0 Å². The van der Waals surface area contributed by atoms with E-state index in [0.29, 0.717) is 16.9 Å². The van der Waals surface area contributed by atoms with Crippen LogP contribution in [0.4, 0.5) is 20.3 Å². The summed E-state index contributed by atoms with van der Waals surface area (Å²) < 4.78 is 28.6. The number of hydrogen-bond acceptors (Lipinski definition) is 3. The van der Waals surface area contributed by atoms with Gasteiger partial charge in [-0.25, -0.2) is 8.78 Å². The van der Waals surface area contributed by atoms with E-state index >= 15 is 0 Å². The normalized spacial score (nSPS) is 10.7. The van der Waals surface area contributed by atoms with Gasteiger partial charge in [0.25, 0.3) is 0 Å². The first-order valence-electron chi connectivity index (χ1n) is 5.36. The lowest BCUT2D eigenvalue weighted by atomic mass is 10.1. The lowest BCUT2D eigenvalue weighted by molar-refractivity contribution is 0.509. The maximum Gasteiger partial charge on any atom is 0.182 e. The second-order valence-corrected chi connectivity index (χ2v) is 4.25. The first kappa shape index (κ1) is 12.3. The fourth-order valence-corrected chi connectivity index (χ4v) is 1.72. The van der Waals surface area contributed by atoms with Crippen LogP contribution in [-0.4, -0.2) is 23.9 Å². The monoisotopic (exact) mass is 252 g/mol. The van der Waals surface area contributed by atoms with Crippen molar-refractivity contribution in [3.63, 3.8) is 0 Å². The highest BCUT2D eigenvalue weighted by Gasteiger charge is 2.15. The van der Waals surface area contributed by atoms with Crippen molar-refractivity contribution in [3.05, 3.63) is 30.0 Å². The number of benzene rings is 1. The van der Waals surface area contributed by atoms with E-state index in [4.69, 9.17) is 5.73 Å². The third kappa shape index (κ3) is 1.90. The molecule has 1 aromatic heterocycles. The molecule has 2 aromatic rings. The molecule has 0 saturated heterocycles. The van der Waals surface area contributed by atoms with Crippen LogP contribution in [0.3, 0.4) is 0 Å². The number of nitrogens with two attached hydrogens (primary N) is 1. The van der Waals surface area contributed by atoms with Crippen molar-refractivity contribution >= 4 is 11.5 Å². The number of aryl methyl sites for hydroxylation is 1. The van der Waals surface area contributed by atoms with Gasteiger partial charge in [0.15, 0.2) is 11.6 Å². The van der Waals surface area contributed by atoms with Gasteiger partial charge in [-0.05, 0) is 17.7 Å². The zero-order valence-electron chi connectivity index (χ0n) is 10.4. The molecule has 1 heterocycles. The summed E-state index contributed by atoms with van der Waals surface area (Å²) in [7, 11) is 4.98. The van der Waals surface area contributed by atoms with Crippen LogP contribution in [0.15, 0.2) is 18.3 Å². The van der Waals surface area contributed by atoms with E-state index in [2.05, 4.69) is 5.10 Å². The predicted molar refractivity (Wildman–Crippen MR) is 67.3 cm³/mol. The van der Waals surface area contributed by atoms with Gasteiger partial charge >= 0.3 is 0 Å². The average Bonchev–Trinajstić information content (AvgIpc) is 2.63. The molecule has 18 heavy (non-hydrogen) atoms. The summed E-state index contributed by atoms with van der Waals surface area (Å²) in [6.45, 7) is 0. The summed E-state index contributed by atoms with van der Waals surface area (Å²) in [5, 5.41) is 3.98. The maximum atomic E-state index is 13.6. The summed E-state index contributed by atoms with van der Waals surface area (Å²) in [6, 6.07) is 2.67. The summed E-state index contributed by atoms with van der Waals surface area (Å²) in [5.74, 6) is -1.36. The quantitative estimate of drug-likeness (QED) is 0.889. The zero-order valence-corrected chi connectivity index (χ0v) is 10.4. The van der Waals surface area contributed by atoms with E-state index in [1.54, 1.807) is 27.2 Å². The Hall–Kier alpha value is -2.11. The lowest BCUT2D eigenvalue weighted by Gasteiger charge is -2.15. The van der Waals surface area contributed by atoms with Gasteiger partial charge in [0.05, 0.1) is 11.9 Å². The molecule has 0 radical (unpaired) electrons. The minimum absolute atomic E-state index is 0.174. The zero-order chi connectivity index (χ0) is 13.4. The van der Waals surface area contributed by atoms with Crippen LogP contribution in [0.5, 0.6) is 0 Å². The van der Waals surface area contributed by atoms with E-state index < -0.39 is 11.6 Å². The van der Waals surface area contributed by atoms with E-state index in [1.165, 1.54) is 15.8 Å². The molecule has 2 rings (SSSR count). The van der Waals surface area contributed by atoms with Gasteiger partial charge in [0.2, 0.25) is 0 Å². The number of nitrogen functional groups attached to an aromatic ring is 1. The SMILES string of the molecule is CN(C)c1cc(-c2cnn(C)c2N)cc(F)c1F. The van der Waals surface area contributed by atoms with Crippen LogP contribution in [0.1, 0.15) is 0 Å².